The van der Waals surface area contributed by atoms with E-state index in [-0.39, 0.29) is 5.91 Å². The quantitative estimate of drug-likeness (QED) is 0.750. The number of likely N-dealkylation sites (tertiary alicyclic amines) is 1. The molecule has 1 amide bonds. The van der Waals surface area contributed by atoms with Crippen LogP contribution in [0.15, 0.2) is 42.0 Å². The molecule has 0 bridgehead atoms. The molecule has 3 nitrogen and oxygen atoms in total. The zero-order valence-electron chi connectivity index (χ0n) is 14.8. The number of carbonyl (C=O) groups excluding carboxylic acids is 1. The Bertz CT molecular complexity index is 522. The van der Waals surface area contributed by atoms with Crippen LogP contribution in [0.2, 0.25) is 0 Å². The van der Waals surface area contributed by atoms with Crippen molar-refractivity contribution in [3.63, 3.8) is 0 Å². The van der Waals surface area contributed by atoms with Crippen molar-refractivity contribution in [3.8, 4) is 0 Å². The molecule has 1 aliphatic heterocycles. The van der Waals surface area contributed by atoms with Crippen LogP contribution in [0.3, 0.4) is 0 Å². The Labute approximate surface area is 141 Å². The number of hydrogen-bond donors (Lipinski definition) is 0. The Kier molecular flexibility index (Phi) is 6.85. The van der Waals surface area contributed by atoms with E-state index in [0.29, 0.717) is 6.04 Å². The molecular formula is C20H30N2O. The highest BCUT2D eigenvalue weighted by Gasteiger charge is 2.25. The first-order chi connectivity index (χ1) is 11.1. The Balaban J connectivity index is 1.92. The first-order valence-corrected chi connectivity index (χ1v) is 8.72. The van der Waals surface area contributed by atoms with E-state index in [0.717, 1.165) is 38.8 Å². The van der Waals surface area contributed by atoms with Crippen molar-refractivity contribution in [2.45, 2.75) is 45.1 Å². The summed E-state index contributed by atoms with van der Waals surface area (Å²) < 4.78 is 0. The topological polar surface area (TPSA) is 23.6 Å². The van der Waals surface area contributed by atoms with Crippen LogP contribution in [0.1, 0.15) is 38.2 Å². The van der Waals surface area contributed by atoms with Gasteiger partial charge in [-0.15, -0.1) is 0 Å². The molecule has 1 fully saturated rings. The molecule has 2 rings (SSSR count). The number of piperidine rings is 1. The van der Waals surface area contributed by atoms with Crippen LogP contribution in [0.25, 0.3) is 0 Å². The van der Waals surface area contributed by atoms with Crippen LogP contribution in [0.5, 0.6) is 0 Å². The van der Waals surface area contributed by atoms with E-state index in [2.05, 4.69) is 55.1 Å². The molecule has 1 heterocycles. The lowest BCUT2D eigenvalue weighted by Gasteiger charge is -2.36. The number of carbonyl (C=O) groups is 1. The van der Waals surface area contributed by atoms with E-state index in [9.17, 15) is 4.79 Å². The predicted octanol–water partition coefficient (Wildman–Crippen LogP) is 3.51. The highest BCUT2D eigenvalue weighted by Crippen LogP contribution is 2.19. The van der Waals surface area contributed by atoms with Gasteiger partial charge in [-0.2, -0.15) is 0 Å². The minimum absolute atomic E-state index is 0.196. The molecule has 1 aromatic carbocycles. The van der Waals surface area contributed by atoms with Gasteiger partial charge in [0, 0.05) is 25.2 Å². The van der Waals surface area contributed by atoms with Gasteiger partial charge in [0.05, 0.1) is 0 Å². The summed E-state index contributed by atoms with van der Waals surface area (Å²) in [5.41, 5.74) is 2.50. The van der Waals surface area contributed by atoms with Crippen molar-refractivity contribution < 1.29 is 4.79 Å². The zero-order valence-corrected chi connectivity index (χ0v) is 14.8. The summed E-state index contributed by atoms with van der Waals surface area (Å²) >= 11 is 0. The van der Waals surface area contributed by atoms with E-state index in [4.69, 9.17) is 0 Å². The Morgan fingerprint density at radius 1 is 1.26 bits per heavy atom. The average molecular weight is 314 g/mol. The summed E-state index contributed by atoms with van der Waals surface area (Å²) in [6.45, 7) is 3.94. The highest BCUT2D eigenvalue weighted by atomic mass is 16.2. The number of amides is 1. The number of nitrogens with zero attached hydrogens (tertiary/aromatic N) is 2. The van der Waals surface area contributed by atoms with Crippen molar-refractivity contribution in [2.24, 2.45) is 0 Å². The van der Waals surface area contributed by atoms with Crippen LogP contribution in [0.4, 0.5) is 0 Å². The van der Waals surface area contributed by atoms with Crippen molar-refractivity contribution in [3.05, 3.63) is 47.5 Å². The molecule has 0 radical (unpaired) electrons. The van der Waals surface area contributed by atoms with Crippen LogP contribution < -0.4 is 0 Å². The maximum atomic E-state index is 12.6. The molecule has 1 aliphatic rings. The summed E-state index contributed by atoms with van der Waals surface area (Å²) in [6.07, 6.45) is 7.29. The lowest BCUT2D eigenvalue weighted by Crippen LogP contribution is -2.47. The molecule has 1 aromatic rings. The van der Waals surface area contributed by atoms with Gasteiger partial charge in [0.25, 0.3) is 0 Å². The van der Waals surface area contributed by atoms with Crippen molar-refractivity contribution in [2.75, 3.05) is 27.2 Å². The normalized spacial score (nSPS) is 19.2. The fraction of sp³-hybridized carbons (Fsp3) is 0.550. The number of aryl methyl sites for hydroxylation is 1. The summed E-state index contributed by atoms with van der Waals surface area (Å²) in [5.74, 6) is 0.196. The van der Waals surface area contributed by atoms with Crippen molar-refractivity contribution >= 4 is 5.91 Å². The maximum absolute atomic E-state index is 12.6. The summed E-state index contributed by atoms with van der Waals surface area (Å²) in [5, 5.41) is 0. The lowest BCUT2D eigenvalue weighted by atomic mass is 10.0. The highest BCUT2D eigenvalue weighted by molar-refractivity contribution is 5.88. The summed E-state index contributed by atoms with van der Waals surface area (Å²) in [4.78, 5) is 16.9. The monoisotopic (exact) mass is 314 g/mol. The summed E-state index contributed by atoms with van der Waals surface area (Å²) in [6, 6.07) is 10.8. The van der Waals surface area contributed by atoms with E-state index in [1.165, 1.54) is 17.6 Å². The molecule has 0 spiro atoms. The number of allylic oxidation sites excluding steroid dienone is 1. The largest absolute Gasteiger partial charge is 0.335 e. The second-order valence-electron chi connectivity index (χ2n) is 6.92. The number of rotatable bonds is 6. The fourth-order valence-electron chi connectivity index (χ4n) is 3.25. The molecule has 1 atom stereocenters. The molecule has 0 aliphatic carbocycles. The van der Waals surface area contributed by atoms with Crippen molar-refractivity contribution in [1.82, 2.24) is 9.80 Å². The van der Waals surface area contributed by atoms with Crippen LogP contribution in [-0.2, 0) is 11.2 Å². The average Bonchev–Trinajstić information content (AvgIpc) is 2.54. The third-order valence-electron chi connectivity index (χ3n) is 4.51. The second-order valence-corrected chi connectivity index (χ2v) is 6.92. The molecule has 0 N–H and O–H groups in total. The first-order valence-electron chi connectivity index (χ1n) is 8.72. The SMILES string of the molecule is CC(=CC(=O)N1CCCCC1CN(C)C)CCc1ccccc1. The van der Waals surface area contributed by atoms with Gasteiger partial charge in [-0.3, -0.25) is 4.79 Å². The molecule has 1 saturated heterocycles. The van der Waals surface area contributed by atoms with E-state index in [1.807, 2.05) is 12.1 Å². The molecule has 0 saturated carbocycles. The van der Waals surface area contributed by atoms with Crippen LogP contribution in [0, 0.1) is 0 Å². The van der Waals surface area contributed by atoms with Crippen LogP contribution >= 0.6 is 0 Å². The zero-order chi connectivity index (χ0) is 16.7. The maximum Gasteiger partial charge on any atom is 0.246 e. The molecular weight excluding hydrogens is 284 g/mol. The minimum atomic E-state index is 0.196. The van der Waals surface area contributed by atoms with Gasteiger partial charge in [-0.05, 0) is 58.7 Å². The third kappa shape index (κ3) is 5.83. The molecule has 23 heavy (non-hydrogen) atoms. The number of hydrogen-bond acceptors (Lipinski definition) is 2. The third-order valence-corrected chi connectivity index (χ3v) is 4.51. The van der Waals surface area contributed by atoms with Gasteiger partial charge >= 0.3 is 0 Å². The molecule has 1 unspecified atom stereocenters. The smallest absolute Gasteiger partial charge is 0.246 e. The Morgan fingerprint density at radius 3 is 2.70 bits per heavy atom. The standard InChI is InChI=1S/C20H30N2O/c1-17(12-13-18-9-5-4-6-10-18)15-20(23)22-14-8-7-11-19(22)16-21(2)3/h4-6,9-10,15,19H,7-8,11-14,16H2,1-3H3. The second kappa shape index (κ2) is 8.88. The van der Waals surface area contributed by atoms with Gasteiger partial charge in [-0.25, -0.2) is 0 Å². The Hall–Kier alpha value is -1.61. The van der Waals surface area contributed by atoms with Gasteiger partial charge < -0.3 is 9.80 Å². The fourth-order valence-corrected chi connectivity index (χ4v) is 3.25. The van der Waals surface area contributed by atoms with Gasteiger partial charge in [0.2, 0.25) is 5.91 Å². The van der Waals surface area contributed by atoms with E-state index < -0.39 is 0 Å². The Morgan fingerprint density at radius 2 is 2.00 bits per heavy atom. The van der Waals surface area contributed by atoms with Crippen molar-refractivity contribution in [1.29, 1.82) is 0 Å². The van der Waals surface area contributed by atoms with Gasteiger partial charge in [0.1, 0.15) is 0 Å². The predicted molar refractivity (Wildman–Crippen MR) is 96.4 cm³/mol. The number of benzene rings is 1. The molecule has 126 valence electrons. The first kappa shape index (κ1) is 17.7. The van der Waals surface area contributed by atoms with Gasteiger partial charge in [0.15, 0.2) is 0 Å². The van der Waals surface area contributed by atoms with E-state index >= 15 is 0 Å². The van der Waals surface area contributed by atoms with Crippen LogP contribution in [-0.4, -0.2) is 48.9 Å². The molecule has 3 heteroatoms. The summed E-state index contributed by atoms with van der Waals surface area (Å²) in [7, 11) is 4.16. The minimum Gasteiger partial charge on any atom is -0.335 e. The lowest BCUT2D eigenvalue weighted by molar-refractivity contribution is -0.129. The number of likely N-dealkylation sites (N-methyl/N-ethyl adjacent to an activating group) is 1. The molecule has 0 aromatic heterocycles. The van der Waals surface area contributed by atoms with Gasteiger partial charge in [-0.1, -0.05) is 35.9 Å². The van der Waals surface area contributed by atoms with E-state index in [1.54, 1.807) is 0 Å².